The van der Waals surface area contributed by atoms with Crippen LogP contribution in [0.25, 0.3) is 0 Å². The van der Waals surface area contributed by atoms with Gasteiger partial charge in [-0.25, -0.2) is 4.79 Å². The van der Waals surface area contributed by atoms with E-state index in [9.17, 15) is 14.4 Å². The van der Waals surface area contributed by atoms with Crippen molar-refractivity contribution in [3.8, 4) is 12.3 Å². The number of likely N-dealkylation sites (N-methyl/N-ethyl adjacent to an activating group) is 1. The fourth-order valence-corrected chi connectivity index (χ4v) is 3.68. The number of alkyl carbamates (subject to hydrolysis) is 1. The van der Waals surface area contributed by atoms with E-state index in [4.69, 9.17) is 11.2 Å². The number of nitrogens with zero attached hydrogens (tertiary/aromatic N) is 1. The van der Waals surface area contributed by atoms with Crippen molar-refractivity contribution in [3.05, 3.63) is 35.4 Å². The third kappa shape index (κ3) is 9.39. The molecule has 33 heavy (non-hydrogen) atoms. The Hall–Kier alpha value is -2.66. The molecule has 1 aromatic rings. The topological polar surface area (TPSA) is 87.7 Å². The van der Waals surface area contributed by atoms with Crippen LogP contribution in [0.3, 0.4) is 0 Å². The largest absolute Gasteiger partial charge is 0.444 e. The molecule has 3 amide bonds. The number of carbonyl (C=O) groups excluding carboxylic acids is 3. The number of amides is 3. The van der Waals surface area contributed by atoms with Crippen molar-refractivity contribution in [2.75, 3.05) is 18.6 Å². The SMILES string of the molecule is C#Cc1ccc(C(C(=O)NC(C)C)N(CC)C(=O)C(CCSC)NC(=O)OC(C)(C)C)cc1. The molecule has 182 valence electrons. The van der Waals surface area contributed by atoms with Gasteiger partial charge in [-0.3, -0.25) is 9.59 Å². The van der Waals surface area contributed by atoms with Crippen molar-refractivity contribution in [2.24, 2.45) is 0 Å². The van der Waals surface area contributed by atoms with Crippen LogP contribution in [0.15, 0.2) is 24.3 Å². The third-order valence-corrected chi connectivity index (χ3v) is 5.25. The Balaban J connectivity index is 3.32. The van der Waals surface area contributed by atoms with Gasteiger partial charge in [0.2, 0.25) is 11.8 Å². The smallest absolute Gasteiger partial charge is 0.408 e. The normalized spacial score (nSPS) is 12.9. The predicted molar refractivity (Wildman–Crippen MR) is 134 cm³/mol. The average molecular weight is 476 g/mol. The Morgan fingerprint density at radius 2 is 1.76 bits per heavy atom. The lowest BCUT2D eigenvalue weighted by atomic mass is 10.0. The molecule has 0 aliphatic heterocycles. The van der Waals surface area contributed by atoms with Crippen molar-refractivity contribution in [1.29, 1.82) is 0 Å². The van der Waals surface area contributed by atoms with Gasteiger partial charge >= 0.3 is 6.09 Å². The van der Waals surface area contributed by atoms with Gasteiger partial charge in [-0.2, -0.15) is 11.8 Å². The lowest BCUT2D eigenvalue weighted by molar-refractivity contribution is -0.142. The highest BCUT2D eigenvalue weighted by atomic mass is 32.2. The van der Waals surface area contributed by atoms with Crippen molar-refractivity contribution >= 4 is 29.7 Å². The van der Waals surface area contributed by atoms with Crippen LogP contribution in [0, 0.1) is 12.3 Å². The van der Waals surface area contributed by atoms with E-state index in [1.807, 2.05) is 27.0 Å². The van der Waals surface area contributed by atoms with Crippen molar-refractivity contribution < 1.29 is 19.1 Å². The zero-order valence-electron chi connectivity index (χ0n) is 20.7. The highest BCUT2D eigenvalue weighted by molar-refractivity contribution is 7.98. The second kappa shape index (κ2) is 13.1. The molecular formula is C25H37N3O4S. The van der Waals surface area contributed by atoms with Crippen molar-refractivity contribution in [2.45, 2.75) is 71.7 Å². The standard InChI is InChI=1S/C25H37N3O4S/c1-9-18-11-13-19(14-12-18)21(22(29)26-17(3)4)28(10-2)23(30)20(15-16-33-8)27-24(31)32-25(5,6)7/h1,11-14,17,20-21H,10,15-16H2,2-8H3,(H,26,29)(H,27,31). The summed E-state index contributed by atoms with van der Waals surface area (Å²) in [6.07, 6.45) is 7.13. The van der Waals surface area contributed by atoms with Crippen molar-refractivity contribution in [1.82, 2.24) is 15.5 Å². The molecule has 2 N–H and O–H groups in total. The van der Waals surface area contributed by atoms with Crippen LogP contribution in [0.2, 0.25) is 0 Å². The van der Waals surface area contributed by atoms with Gasteiger partial charge in [0.25, 0.3) is 0 Å². The average Bonchev–Trinajstić information content (AvgIpc) is 2.72. The molecule has 0 saturated carbocycles. The number of terminal acetylenes is 1. The summed E-state index contributed by atoms with van der Waals surface area (Å²) in [6.45, 7) is 11.1. The summed E-state index contributed by atoms with van der Waals surface area (Å²) >= 11 is 1.57. The highest BCUT2D eigenvalue weighted by Gasteiger charge is 2.35. The number of ether oxygens (including phenoxy) is 1. The van der Waals surface area contributed by atoms with E-state index in [2.05, 4.69) is 16.6 Å². The quantitative estimate of drug-likeness (QED) is 0.504. The fourth-order valence-electron chi connectivity index (χ4n) is 3.21. The van der Waals surface area contributed by atoms with Gasteiger partial charge < -0.3 is 20.3 Å². The Kier molecular flexibility index (Phi) is 11.3. The Bertz CT molecular complexity index is 841. The molecule has 0 radical (unpaired) electrons. The van der Waals surface area contributed by atoms with Gasteiger partial charge in [0.05, 0.1) is 0 Å². The third-order valence-electron chi connectivity index (χ3n) is 4.61. The maximum atomic E-state index is 13.6. The maximum absolute atomic E-state index is 13.6. The molecule has 2 atom stereocenters. The van der Waals surface area contributed by atoms with Gasteiger partial charge in [-0.05, 0) is 77.7 Å². The van der Waals surface area contributed by atoms with Gasteiger partial charge in [0, 0.05) is 18.2 Å². The van der Waals surface area contributed by atoms with E-state index < -0.39 is 23.8 Å². The first-order valence-corrected chi connectivity index (χ1v) is 12.5. The minimum absolute atomic E-state index is 0.106. The summed E-state index contributed by atoms with van der Waals surface area (Å²) in [6, 6.07) is 5.20. The molecule has 0 aliphatic carbocycles. The number of carbonyl (C=O) groups is 3. The molecule has 0 spiro atoms. The Morgan fingerprint density at radius 3 is 2.21 bits per heavy atom. The van der Waals surface area contributed by atoms with E-state index >= 15 is 0 Å². The van der Waals surface area contributed by atoms with Crippen LogP contribution in [-0.4, -0.2) is 59.0 Å². The van der Waals surface area contributed by atoms with E-state index in [-0.39, 0.29) is 24.4 Å². The molecule has 8 heteroatoms. The molecule has 0 heterocycles. The van der Waals surface area contributed by atoms with Gasteiger partial charge in [0.15, 0.2) is 0 Å². The molecular weight excluding hydrogens is 438 g/mol. The van der Waals surface area contributed by atoms with E-state index in [0.29, 0.717) is 23.3 Å². The van der Waals surface area contributed by atoms with Crippen LogP contribution in [-0.2, 0) is 14.3 Å². The molecule has 7 nitrogen and oxygen atoms in total. The van der Waals surface area contributed by atoms with Crippen LogP contribution in [0.5, 0.6) is 0 Å². The van der Waals surface area contributed by atoms with E-state index in [0.717, 1.165) is 0 Å². The summed E-state index contributed by atoms with van der Waals surface area (Å²) in [5.74, 6) is 2.57. The maximum Gasteiger partial charge on any atom is 0.408 e. The second-order valence-corrected chi connectivity index (χ2v) is 9.92. The van der Waals surface area contributed by atoms with E-state index in [1.54, 1.807) is 56.8 Å². The molecule has 0 saturated heterocycles. The van der Waals surface area contributed by atoms with Crippen LogP contribution in [0.1, 0.15) is 65.1 Å². The first-order chi connectivity index (χ1) is 15.4. The number of hydrogen-bond donors (Lipinski definition) is 2. The molecule has 1 aromatic carbocycles. The highest BCUT2D eigenvalue weighted by Crippen LogP contribution is 2.24. The lowest BCUT2D eigenvalue weighted by Gasteiger charge is -2.34. The zero-order valence-corrected chi connectivity index (χ0v) is 21.5. The summed E-state index contributed by atoms with van der Waals surface area (Å²) in [5.41, 5.74) is 0.629. The molecule has 0 aliphatic rings. The first kappa shape index (κ1) is 28.4. The second-order valence-electron chi connectivity index (χ2n) is 8.94. The number of benzene rings is 1. The minimum atomic E-state index is -0.867. The van der Waals surface area contributed by atoms with Crippen LogP contribution in [0.4, 0.5) is 4.79 Å². The van der Waals surface area contributed by atoms with Crippen LogP contribution >= 0.6 is 11.8 Å². The molecule has 1 rings (SSSR count). The predicted octanol–water partition coefficient (Wildman–Crippen LogP) is 3.73. The van der Waals surface area contributed by atoms with E-state index in [1.165, 1.54) is 4.90 Å². The van der Waals surface area contributed by atoms with Crippen molar-refractivity contribution in [3.63, 3.8) is 0 Å². The molecule has 0 bridgehead atoms. The fraction of sp³-hybridized carbons (Fsp3) is 0.560. The number of nitrogens with one attached hydrogen (secondary N) is 2. The molecule has 0 aromatic heterocycles. The summed E-state index contributed by atoms with van der Waals surface area (Å²) in [5, 5.41) is 5.61. The number of rotatable bonds is 10. The molecule has 0 fully saturated rings. The number of hydrogen-bond acceptors (Lipinski definition) is 5. The summed E-state index contributed by atoms with van der Waals surface area (Å²) in [7, 11) is 0. The Labute approximate surface area is 202 Å². The van der Waals surface area contributed by atoms with Gasteiger partial charge in [0.1, 0.15) is 17.7 Å². The minimum Gasteiger partial charge on any atom is -0.444 e. The zero-order chi connectivity index (χ0) is 25.2. The first-order valence-electron chi connectivity index (χ1n) is 11.1. The van der Waals surface area contributed by atoms with Gasteiger partial charge in [-0.15, -0.1) is 6.42 Å². The number of thioether (sulfide) groups is 1. The Morgan fingerprint density at radius 1 is 1.15 bits per heavy atom. The molecule has 2 unspecified atom stereocenters. The van der Waals surface area contributed by atoms with Gasteiger partial charge in [-0.1, -0.05) is 18.1 Å². The monoisotopic (exact) mass is 475 g/mol. The summed E-state index contributed by atoms with van der Waals surface area (Å²) in [4.78, 5) is 40.8. The summed E-state index contributed by atoms with van der Waals surface area (Å²) < 4.78 is 5.36. The lowest BCUT2D eigenvalue weighted by Crippen LogP contribution is -2.53. The van der Waals surface area contributed by atoms with Crippen LogP contribution < -0.4 is 10.6 Å².